The van der Waals surface area contributed by atoms with Crippen LogP contribution in [0.4, 0.5) is 0 Å². The highest BCUT2D eigenvalue weighted by Gasteiger charge is 2.22. The van der Waals surface area contributed by atoms with Gasteiger partial charge in [-0.2, -0.15) is 0 Å². The number of hydrogen-bond acceptors (Lipinski definition) is 6. The third kappa shape index (κ3) is 5.51. The van der Waals surface area contributed by atoms with Gasteiger partial charge in [-0.15, -0.1) is 0 Å². The van der Waals surface area contributed by atoms with Crippen LogP contribution < -0.4 is 9.47 Å². The summed E-state index contributed by atoms with van der Waals surface area (Å²) in [6.07, 6.45) is 0. The zero-order valence-corrected chi connectivity index (χ0v) is 25.4. The van der Waals surface area contributed by atoms with Crippen molar-refractivity contribution in [3.63, 3.8) is 0 Å². The van der Waals surface area contributed by atoms with Gasteiger partial charge in [0.1, 0.15) is 37.9 Å². The Bertz CT molecular complexity index is 1910. The molecule has 0 saturated carbocycles. The van der Waals surface area contributed by atoms with E-state index in [1.54, 1.807) is 0 Å². The molecule has 0 fully saturated rings. The molecule has 0 unspecified atom stereocenters. The molecule has 0 bridgehead atoms. The summed E-state index contributed by atoms with van der Waals surface area (Å²) in [6.45, 7) is 7.83. The van der Waals surface area contributed by atoms with Crippen molar-refractivity contribution in [1.29, 1.82) is 0 Å². The molecule has 44 heavy (non-hydrogen) atoms. The molecule has 0 radical (unpaired) electrons. The Balaban J connectivity index is 1.67. The fourth-order valence-corrected chi connectivity index (χ4v) is 6.01. The molecule has 0 atom stereocenters. The van der Waals surface area contributed by atoms with Crippen LogP contribution in [0.2, 0.25) is 0 Å². The van der Waals surface area contributed by atoms with E-state index >= 15 is 0 Å². The number of benzene rings is 6. The Morgan fingerprint density at radius 2 is 0.841 bits per heavy atom. The lowest BCUT2D eigenvalue weighted by molar-refractivity contribution is -0.142. The maximum Gasteiger partial charge on any atom is 0.302 e. The molecule has 0 N–H and O–H groups in total. The van der Waals surface area contributed by atoms with Gasteiger partial charge in [-0.05, 0) is 46.5 Å². The van der Waals surface area contributed by atoms with Crippen molar-refractivity contribution < 1.29 is 28.5 Å². The fourth-order valence-electron chi connectivity index (χ4n) is 6.01. The smallest absolute Gasteiger partial charge is 0.302 e. The van der Waals surface area contributed by atoms with Crippen LogP contribution in [-0.4, -0.2) is 38.4 Å². The highest BCUT2D eigenvalue weighted by molar-refractivity contribution is 6.26. The zero-order valence-electron chi connectivity index (χ0n) is 25.4. The van der Waals surface area contributed by atoms with Gasteiger partial charge >= 0.3 is 11.9 Å². The first-order valence-corrected chi connectivity index (χ1v) is 14.8. The molecule has 0 saturated heterocycles. The summed E-state index contributed by atoms with van der Waals surface area (Å²) in [4.78, 5) is 22.8. The number of hydrogen-bond donors (Lipinski definition) is 0. The lowest BCUT2D eigenvalue weighted by Crippen LogP contribution is -2.10. The third-order valence-corrected chi connectivity index (χ3v) is 7.78. The van der Waals surface area contributed by atoms with Crippen molar-refractivity contribution in [3.8, 4) is 22.6 Å². The molecule has 6 aromatic rings. The molecule has 0 spiro atoms. The van der Waals surface area contributed by atoms with Gasteiger partial charge in [-0.25, -0.2) is 0 Å². The molecule has 0 amide bonds. The summed E-state index contributed by atoms with van der Waals surface area (Å²) in [7, 11) is 0. The second-order valence-electron chi connectivity index (χ2n) is 11.0. The number of rotatable bonds is 9. The summed E-state index contributed by atoms with van der Waals surface area (Å²) >= 11 is 0. The first-order chi connectivity index (χ1) is 21.3. The van der Waals surface area contributed by atoms with Crippen LogP contribution in [0.3, 0.4) is 0 Å². The summed E-state index contributed by atoms with van der Waals surface area (Å²) in [5, 5.41) is 8.19. The monoisotopic (exact) mass is 586 g/mol. The molecule has 0 heterocycles. The zero-order chi connectivity index (χ0) is 30.8. The first kappa shape index (κ1) is 29.0. The normalized spacial score (nSPS) is 11.3. The third-order valence-electron chi connectivity index (χ3n) is 7.78. The number of aryl methyl sites for hydroxylation is 2. The molecule has 0 aliphatic rings. The standard InChI is InChI=1S/C38H34O6/c1-23-13-15-31-33(21-23)35(27-9-5-7-11-29(27)37(31)43-19-17-41-25(3)39)36-28-10-6-8-12-30(28)38(44-20-18-42-26(4)40)32-16-14-24(2)22-34(32)36/h5-16,21-22H,17-20H2,1-4H3. The largest absolute Gasteiger partial charge is 0.489 e. The summed E-state index contributed by atoms with van der Waals surface area (Å²) in [5.74, 6) is 0.868. The van der Waals surface area contributed by atoms with Gasteiger partial charge in [-0.1, -0.05) is 96.1 Å². The average Bonchev–Trinajstić information content (AvgIpc) is 3.00. The molecule has 6 rings (SSSR count). The molecule has 6 nitrogen and oxygen atoms in total. The Kier molecular flexibility index (Phi) is 8.07. The lowest BCUT2D eigenvalue weighted by Gasteiger charge is -2.22. The minimum atomic E-state index is -0.331. The molecule has 6 aromatic carbocycles. The quantitative estimate of drug-likeness (QED) is 0.0962. The van der Waals surface area contributed by atoms with Crippen LogP contribution in [0.5, 0.6) is 11.5 Å². The highest BCUT2D eigenvalue weighted by atomic mass is 16.6. The van der Waals surface area contributed by atoms with Crippen molar-refractivity contribution in [2.45, 2.75) is 27.7 Å². The number of carbonyl (C=O) groups excluding carboxylic acids is 2. The predicted molar refractivity (Wildman–Crippen MR) is 176 cm³/mol. The van der Waals surface area contributed by atoms with Crippen LogP contribution in [0, 0.1) is 13.8 Å². The minimum Gasteiger partial charge on any atom is -0.489 e. The van der Waals surface area contributed by atoms with Gasteiger partial charge in [0.05, 0.1) is 0 Å². The maximum absolute atomic E-state index is 11.4. The van der Waals surface area contributed by atoms with Crippen molar-refractivity contribution in [1.82, 2.24) is 0 Å². The molecule has 0 aliphatic carbocycles. The van der Waals surface area contributed by atoms with E-state index < -0.39 is 0 Å². The van der Waals surface area contributed by atoms with Gasteiger partial charge in [0.25, 0.3) is 0 Å². The van der Waals surface area contributed by atoms with E-state index in [4.69, 9.17) is 18.9 Å². The van der Waals surface area contributed by atoms with Gasteiger partial charge in [0.15, 0.2) is 0 Å². The SMILES string of the molecule is CC(=O)OCCOc1c2ccccc2c(-c2c3ccccc3c(OCCOC(C)=O)c3ccc(C)cc23)c2cc(C)ccc12. The van der Waals surface area contributed by atoms with Crippen molar-refractivity contribution in [2.24, 2.45) is 0 Å². The van der Waals surface area contributed by atoms with Gasteiger partial charge in [0.2, 0.25) is 0 Å². The molecule has 6 heteroatoms. The van der Waals surface area contributed by atoms with Crippen molar-refractivity contribution in [3.05, 3.63) is 96.1 Å². The van der Waals surface area contributed by atoms with E-state index in [-0.39, 0.29) is 38.4 Å². The number of carbonyl (C=O) groups is 2. The van der Waals surface area contributed by atoms with Crippen molar-refractivity contribution in [2.75, 3.05) is 26.4 Å². The minimum absolute atomic E-state index is 0.173. The Morgan fingerprint density at radius 3 is 1.23 bits per heavy atom. The Labute approximate surface area is 256 Å². The van der Waals surface area contributed by atoms with Crippen LogP contribution in [0.15, 0.2) is 84.9 Å². The second kappa shape index (κ2) is 12.3. The topological polar surface area (TPSA) is 71.1 Å². The van der Waals surface area contributed by atoms with E-state index in [9.17, 15) is 9.59 Å². The van der Waals surface area contributed by atoms with E-state index in [2.05, 4.69) is 86.6 Å². The number of esters is 2. The van der Waals surface area contributed by atoms with Gasteiger partial charge in [0, 0.05) is 35.4 Å². The van der Waals surface area contributed by atoms with Gasteiger partial charge < -0.3 is 18.9 Å². The van der Waals surface area contributed by atoms with Crippen molar-refractivity contribution >= 4 is 55.0 Å². The fraction of sp³-hybridized carbons (Fsp3) is 0.211. The Hall–Kier alpha value is -5.10. The van der Waals surface area contributed by atoms with Crippen LogP contribution in [0.25, 0.3) is 54.2 Å². The molecule has 0 aliphatic heterocycles. The van der Waals surface area contributed by atoms with E-state index in [0.29, 0.717) is 0 Å². The lowest BCUT2D eigenvalue weighted by atomic mass is 9.84. The number of ether oxygens (including phenoxy) is 4. The maximum atomic E-state index is 11.4. The van der Waals surface area contributed by atoms with E-state index in [1.165, 1.54) is 13.8 Å². The van der Waals surface area contributed by atoms with Crippen LogP contribution in [-0.2, 0) is 19.1 Å². The first-order valence-electron chi connectivity index (χ1n) is 14.8. The highest BCUT2D eigenvalue weighted by Crippen LogP contribution is 2.50. The summed E-state index contributed by atoms with van der Waals surface area (Å²) in [6, 6.07) is 29.5. The van der Waals surface area contributed by atoms with Crippen LogP contribution >= 0.6 is 0 Å². The second-order valence-corrected chi connectivity index (χ2v) is 11.0. The van der Waals surface area contributed by atoms with E-state index in [1.807, 2.05) is 12.1 Å². The predicted octanol–water partition coefficient (Wildman–Crippen LogP) is 8.47. The van der Waals surface area contributed by atoms with Crippen LogP contribution in [0.1, 0.15) is 25.0 Å². The summed E-state index contributed by atoms with van der Waals surface area (Å²) in [5.41, 5.74) is 4.50. The molecule has 222 valence electrons. The van der Waals surface area contributed by atoms with E-state index in [0.717, 1.165) is 76.8 Å². The molecule has 0 aromatic heterocycles. The summed E-state index contributed by atoms with van der Waals surface area (Å²) < 4.78 is 23.1. The van der Waals surface area contributed by atoms with Gasteiger partial charge in [-0.3, -0.25) is 9.59 Å². The number of fused-ring (bicyclic) bond motifs is 4. The molecular weight excluding hydrogens is 552 g/mol. The average molecular weight is 587 g/mol. The molecular formula is C38H34O6. The Morgan fingerprint density at radius 1 is 0.477 bits per heavy atom.